The molecule has 0 unspecified atom stereocenters. The Morgan fingerprint density at radius 1 is 0.818 bits per heavy atom. The topological polar surface area (TPSA) is 9.23 Å². The fraction of sp³-hybridized carbons (Fsp3) is 0.429. The number of hydrogen-bond donors (Lipinski definition) is 0. The lowest BCUT2D eigenvalue weighted by atomic mass is 9.92. The van der Waals surface area contributed by atoms with Gasteiger partial charge in [0.2, 0.25) is 0 Å². The van der Waals surface area contributed by atoms with Gasteiger partial charge in [-0.2, -0.15) is 0 Å². The number of rotatable bonds is 4. The predicted octanol–water partition coefficient (Wildman–Crippen LogP) is 5.69. The third-order valence-corrected chi connectivity index (χ3v) is 4.86. The normalized spacial score (nSPS) is 13.8. The van der Waals surface area contributed by atoms with Crippen LogP contribution in [0.4, 0.5) is 0 Å². The number of benzene rings is 2. The minimum Gasteiger partial charge on any atom is -0.384 e. The van der Waals surface area contributed by atoms with Crippen molar-refractivity contribution < 1.29 is 4.74 Å². The van der Waals surface area contributed by atoms with Gasteiger partial charge in [0.1, 0.15) is 0 Å². The van der Waals surface area contributed by atoms with Gasteiger partial charge in [-0.1, -0.05) is 64.1 Å². The molecule has 1 nitrogen and oxygen atoms in total. The summed E-state index contributed by atoms with van der Waals surface area (Å²) in [4.78, 5) is 0. The van der Waals surface area contributed by atoms with Gasteiger partial charge in [-0.25, -0.2) is 0 Å². The monoisotopic (exact) mass is 294 g/mol. The summed E-state index contributed by atoms with van der Waals surface area (Å²) in [7, 11) is 1.80. The number of ether oxygens (including phenoxy) is 1. The molecule has 2 aromatic carbocycles. The maximum atomic E-state index is 5.54. The zero-order chi connectivity index (χ0) is 15.9. The summed E-state index contributed by atoms with van der Waals surface area (Å²) in [6, 6.07) is 13.9. The van der Waals surface area contributed by atoms with E-state index in [1.54, 1.807) is 7.11 Å². The number of fused-ring (bicyclic) bond motifs is 3. The molecule has 0 bridgehead atoms. The zero-order valence-corrected chi connectivity index (χ0v) is 14.3. The lowest BCUT2D eigenvalue weighted by Crippen LogP contribution is -2.06. The highest BCUT2D eigenvalue weighted by atomic mass is 16.5. The standard InChI is InChI=1S/C21H26O/c1-13(2)15-6-8-17-18-9-7-16(14(3)4)11-20(18)21(12-22-5)19(17)10-15/h6-11,13-14,21H,12H2,1-5H3. The third kappa shape index (κ3) is 2.48. The Morgan fingerprint density at radius 2 is 1.27 bits per heavy atom. The summed E-state index contributed by atoms with van der Waals surface area (Å²) >= 11 is 0. The van der Waals surface area contributed by atoms with Gasteiger partial charge >= 0.3 is 0 Å². The zero-order valence-electron chi connectivity index (χ0n) is 14.3. The first-order valence-corrected chi connectivity index (χ1v) is 8.30. The number of methoxy groups -OCH3 is 1. The molecule has 22 heavy (non-hydrogen) atoms. The van der Waals surface area contributed by atoms with E-state index < -0.39 is 0 Å². The van der Waals surface area contributed by atoms with Gasteiger partial charge in [0, 0.05) is 13.0 Å². The molecule has 0 saturated heterocycles. The van der Waals surface area contributed by atoms with Crippen molar-refractivity contribution in [1.29, 1.82) is 0 Å². The largest absolute Gasteiger partial charge is 0.384 e. The molecular weight excluding hydrogens is 268 g/mol. The second-order valence-electron chi connectivity index (χ2n) is 7.01. The van der Waals surface area contributed by atoms with Crippen LogP contribution in [-0.2, 0) is 4.74 Å². The van der Waals surface area contributed by atoms with E-state index in [1.165, 1.54) is 33.4 Å². The molecule has 0 amide bonds. The van der Waals surface area contributed by atoms with E-state index in [0.717, 1.165) is 6.61 Å². The molecule has 0 radical (unpaired) electrons. The maximum absolute atomic E-state index is 5.54. The van der Waals surface area contributed by atoms with Crippen LogP contribution in [0.2, 0.25) is 0 Å². The minimum atomic E-state index is 0.368. The van der Waals surface area contributed by atoms with E-state index in [9.17, 15) is 0 Å². The van der Waals surface area contributed by atoms with Crippen LogP contribution < -0.4 is 0 Å². The van der Waals surface area contributed by atoms with E-state index in [4.69, 9.17) is 4.74 Å². The average Bonchev–Trinajstić information content (AvgIpc) is 2.80. The molecule has 1 aliphatic rings. The van der Waals surface area contributed by atoms with E-state index in [-0.39, 0.29) is 0 Å². The molecule has 0 aromatic heterocycles. The van der Waals surface area contributed by atoms with Crippen molar-refractivity contribution in [2.24, 2.45) is 0 Å². The van der Waals surface area contributed by atoms with Crippen LogP contribution >= 0.6 is 0 Å². The third-order valence-electron chi connectivity index (χ3n) is 4.86. The maximum Gasteiger partial charge on any atom is 0.0572 e. The van der Waals surface area contributed by atoms with Crippen LogP contribution in [0.15, 0.2) is 36.4 Å². The van der Waals surface area contributed by atoms with Crippen molar-refractivity contribution in [2.75, 3.05) is 13.7 Å². The lowest BCUT2D eigenvalue weighted by molar-refractivity contribution is 0.190. The molecule has 3 rings (SSSR count). The van der Waals surface area contributed by atoms with Gasteiger partial charge in [0.05, 0.1) is 6.61 Å². The number of hydrogen-bond acceptors (Lipinski definition) is 1. The quantitative estimate of drug-likeness (QED) is 0.703. The summed E-state index contributed by atoms with van der Waals surface area (Å²) in [6.07, 6.45) is 0. The summed E-state index contributed by atoms with van der Waals surface area (Å²) in [6.45, 7) is 9.78. The Balaban J connectivity index is 2.15. The molecular formula is C21H26O. The van der Waals surface area contributed by atoms with Gasteiger partial charge in [-0.05, 0) is 45.2 Å². The van der Waals surface area contributed by atoms with Crippen LogP contribution in [0, 0.1) is 0 Å². The Bertz CT molecular complexity index is 625. The second kappa shape index (κ2) is 5.89. The van der Waals surface area contributed by atoms with E-state index in [1.807, 2.05) is 0 Å². The highest BCUT2D eigenvalue weighted by Crippen LogP contribution is 2.46. The van der Waals surface area contributed by atoms with Crippen molar-refractivity contribution in [2.45, 2.75) is 45.4 Å². The molecule has 0 fully saturated rings. The Kier molecular flexibility index (Phi) is 4.10. The van der Waals surface area contributed by atoms with Crippen LogP contribution in [-0.4, -0.2) is 13.7 Å². The van der Waals surface area contributed by atoms with Crippen molar-refractivity contribution in [3.05, 3.63) is 58.7 Å². The summed E-state index contributed by atoms with van der Waals surface area (Å²) < 4.78 is 5.54. The minimum absolute atomic E-state index is 0.368. The average molecular weight is 294 g/mol. The van der Waals surface area contributed by atoms with Gasteiger partial charge in [0.15, 0.2) is 0 Å². The molecule has 116 valence electrons. The fourth-order valence-electron chi connectivity index (χ4n) is 3.46. The lowest BCUT2D eigenvalue weighted by Gasteiger charge is -2.15. The SMILES string of the molecule is COCC1c2cc(C(C)C)ccc2-c2ccc(C(C)C)cc21. The molecule has 0 spiro atoms. The van der Waals surface area contributed by atoms with Crippen molar-refractivity contribution in [1.82, 2.24) is 0 Å². The fourth-order valence-corrected chi connectivity index (χ4v) is 3.46. The first-order chi connectivity index (χ1) is 10.5. The van der Waals surface area contributed by atoms with Gasteiger partial charge < -0.3 is 4.74 Å². The van der Waals surface area contributed by atoms with Gasteiger partial charge in [-0.3, -0.25) is 0 Å². The Morgan fingerprint density at radius 3 is 1.64 bits per heavy atom. The predicted molar refractivity (Wildman–Crippen MR) is 93.8 cm³/mol. The molecule has 0 heterocycles. The molecule has 0 aliphatic heterocycles. The first-order valence-electron chi connectivity index (χ1n) is 8.30. The van der Waals surface area contributed by atoms with Gasteiger partial charge in [0.25, 0.3) is 0 Å². The van der Waals surface area contributed by atoms with Crippen molar-refractivity contribution in [3.8, 4) is 11.1 Å². The van der Waals surface area contributed by atoms with Crippen LogP contribution in [0.5, 0.6) is 0 Å². The Hall–Kier alpha value is -1.60. The second-order valence-corrected chi connectivity index (χ2v) is 7.01. The van der Waals surface area contributed by atoms with E-state index >= 15 is 0 Å². The summed E-state index contributed by atoms with van der Waals surface area (Å²) in [5, 5.41) is 0. The van der Waals surface area contributed by atoms with Crippen molar-refractivity contribution >= 4 is 0 Å². The van der Waals surface area contributed by atoms with Gasteiger partial charge in [-0.15, -0.1) is 0 Å². The van der Waals surface area contributed by atoms with E-state index in [2.05, 4.69) is 64.1 Å². The molecule has 0 saturated carbocycles. The molecule has 0 atom stereocenters. The molecule has 1 aliphatic carbocycles. The first kappa shape index (κ1) is 15.3. The summed E-state index contributed by atoms with van der Waals surface area (Å²) in [5.41, 5.74) is 8.47. The van der Waals surface area contributed by atoms with Crippen molar-refractivity contribution in [3.63, 3.8) is 0 Å². The molecule has 1 heteroatoms. The van der Waals surface area contributed by atoms with E-state index in [0.29, 0.717) is 17.8 Å². The Labute approximate surface area is 134 Å². The molecule has 0 N–H and O–H groups in total. The highest BCUT2D eigenvalue weighted by molar-refractivity contribution is 5.79. The smallest absolute Gasteiger partial charge is 0.0572 e. The summed E-state index contributed by atoms with van der Waals surface area (Å²) in [5.74, 6) is 1.49. The van der Waals surface area contributed by atoms with Crippen LogP contribution in [0.3, 0.4) is 0 Å². The van der Waals surface area contributed by atoms with Crippen LogP contribution in [0.1, 0.15) is 67.7 Å². The highest BCUT2D eigenvalue weighted by Gasteiger charge is 2.29. The van der Waals surface area contributed by atoms with Crippen LogP contribution in [0.25, 0.3) is 11.1 Å². The molecule has 2 aromatic rings.